The van der Waals surface area contributed by atoms with Crippen LogP contribution in [0.3, 0.4) is 0 Å². The van der Waals surface area contributed by atoms with Gasteiger partial charge in [-0.1, -0.05) is 42.5 Å². The molecule has 0 heterocycles. The summed E-state index contributed by atoms with van der Waals surface area (Å²) in [7, 11) is 0. The lowest BCUT2D eigenvalue weighted by molar-refractivity contribution is 0.396. The van der Waals surface area contributed by atoms with Gasteiger partial charge >= 0.3 is 0 Å². The molecule has 2 heteroatoms. The first-order valence-corrected chi connectivity index (χ1v) is 8.57. The van der Waals surface area contributed by atoms with Crippen LogP contribution in [0.4, 0.5) is 0 Å². The predicted molar refractivity (Wildman–Crippen MR) is 93.5 cm³/mol. The molecular weight excluding hydrogens is 268 g/mol. The van der Waals surface area contributed by atoms with Crippen LogP contribution >= 0.6 is 0 Å². The number of benzene rings is 2. The summed E-state index contributed by atoms with van der Waals surface area (Å²) in [5, 5.41) is 2.68. The van der Waals surface area contributed by atoms with Crippen molar-refractivity contribution in [2.24, 2.45) is 16.6 Å². The van der Waals surface area contributed by atoms with E-state index in [0.717, 1.165) is 12.8 Å². The van der Waals surface area contributed by atoms with E-state index >= 15 is 0 Å². The number of hydrogen-bond acceptors (Lipinski definition) is 2. The summed E-state index contributed by atoms with van der Waals surface area (Å²) in [5.41, 5.74) is 7.43. The van der Waals surface area contributed by atoms with E-state index in [2.05, 4.69) is 48.7 Å². The van der Waals surface area contributed by atoms with Crippen molar-refractivity contribution in [2.75, 3.05) is 0 Å². The third kappa shape index (κ3) is 2.93. The van der Waals surface area contributed by atoms with Gasteiger partial charge in [0.2, 0.25) is 0 Å². The topological polar surface area (TPSA) is 38.4 Å². The van der Waals surface area contributed by atoms with Gasteiger partial charge < -0.3 is 5.73 Å². The van der Waals surface area contributed by atoms with Crippen LogP contribution in [-0.2, 0) is 0 Å². The van der Waals surface area contributed by atoms with E-state index < -0.39 is 0 Å². The molecule has 1 unspecified atom stereocenters. The highest BCUT2D eigenvalue weighted by atomic mass is 14.8. The smallest absolute Gasteiger partial charge is 0.0497 e. The average Bonchev–Trinajstić information content (AvgIpc) is 3.34. The zero-order valence-corrected chi connectivity index (χ0v) is 13.0. The van der Waals surface area contributed by atoms with Crippen molar-refractivity contribution in [3.63, 3.8) is 0 Å². The molecule has 0 spiro atoms. The molecule has 2 fully saturated rings. The Kier molecular flexibility index (Phi) is 3.71. The van der Waals surface area contributed by atoms with Crippen LogP contribution in [0.1, 0.15) is 43.6 Å². The van der Waals surface area contributed by atoms with Crippen LogP contribution < -0.4 is 5.73 Å². The lowest BCUT2D eigenvalue weighted by atomic mass is 9.92. The van der Waals surface area contributed by atoms with Crippen molar-refractivity contribution in [3.8, 4) is 0 Å². The van der Waals surface area contributed by atoms with Crippen LogP contribution in [-0.4, -0.2) is 18.3 Å². The standard InChI is InChI=1S/C20H24N2/c21-18-7-9-19(10-8-18)22-13-17-12-20(17)16-6-5-14-3-1-2-4-15(14)11-16/h1-6,11,13,17-20H,7-10,12,21H2/t17?,18?,19?,20-/m1/s1. The highest BCUT2D eigenvalue weighted by Gasteiger charge is 2.37. The number of nitrogens with zero attached hydrogens (tertiary/aromatic N) is 1. The second kappa shape index (κ2) is 5.85. The largest absolute Gasteiger partial charge is 0.328 e. The van der Waals surface area contributed by atoms with Crippen LogP contribution in [0.25, 0.3) is 10.8 Å². The van der Waals surface area contributed by atoms with Crippen molar-refractivity contribution in [3.05, 3.63) is 48.0 Å². The minimum absolute atomic E-state index is 0.415. The van der Waals surface area contributed by atoms with Crippen LogP contribution in [0.2, 0.25) is 0 Å². The Balaban J connectivity index is 1.40. The maximum Gasteiger partial charge on any atom is 0.0497 e. The molecule has 4 rings (SSSR count). The Morgan fingerprint density at radius 2 is 1.73 bits per heavy atom. The Morgan fingerprint density at radius 1 is 0.955 bits per heavy atom. The summed E-state index contributed by atoms with van der Waals surface area (Å²) in [4.78, 5) is 4.84. The van der Waals surface area contributed by atoms with Crippen LogP contribution in [0, 0.1) is 5.92 Å². The van der Waals surface area contributed by atoms with E-state index in [1.165, 1.54) is 35.6 Å². The first-order chi connectivity index (χ1) is 10.8. The molecule has 2 aromatic carbocycles. The van der Waals surface area contributed by atoms with Gasteiger partial charge in [0.1, 0.15) is 0 Å². The molecule has 0 bridgehead atoms. The van der Waals surface area contributed by atoms with E-state index in [1.807, 2.05) is 0 Å². The molecular formula is C20H24N2. The molecule has 2 aromatic rings. The van der Waals surface area contributed by atoms with Crippen molar-refractivity contribution in [2.45, 2.75) is 50.1 Å². The van der Waals surface area contributed by atoms with Crippen LogP contribution in [0.5, 0.6) is 0 Å². The molecule has 2 saturated carbocycles. The van der Waals surface area contributed by atoms with Gasteiger partial charge in [-0.25, -0.2) is 0 Å². The van der Waals surface area contributed by atoms with Gasteiger partial charge in [0.05, 0.1) is 0 Å². The molecule has 22 heavy (non-hydrogen) atoms. The number of hydrogen-bond donors (Lipinski definition) is 1. The lowest BCUT2D eigenvalue weighted by Crippen LogP contribution is -2.28. The fourth-order valence-electron chi connectivity index (χ4n) is 3.68. The highest BCUT2D eigenvalue weighted by Crippen LogP contribution is 2.46. The van der Waals surface area contributed by atoms with E-state index in [0.29, 0.717) is 23.9 Å². The van der Waals surface area contributed by atoms with E-state index in [9.17, 15) is 0 Å². The lowest BCUT2D eigenvalue weighted by Gasteiger charge is -2.22. The highest BCUT2D eigenvalue weighted by molar-refractivity contribution is 5.83. The third-order valence-electron chi connectivity index (χ3n) is 5.27. The van der Waals surface area contributed by atoms with Gasteiger partial charge in [0.15, 0.2) is 0 Å². The monoisotopic (exact) mass is 292 g/mol. The second-order valence-electron chi connectivity index (χ2n) is 6.98. The molecule has 2 nitrogen and oxygen atoms in total. The summed E-state index contributed by atoms with van der Waals surface area (Å²) in [6.07, 6.45) is 8.12. The van der Waals surface area contributed by atoms with Crippen molar-refractivity contribution < 1.29 is 0 Å². The zero-order chi connectivity index (χ0) is 14.9. The molecule has 2 aliphatic carbocycles. The third-order valence-corrected chi connectivity index (χ3v) is 5.27. The first kappa shape index (κ1) is 14.0. The number of nitrogens with two attached hydrogens (primary N) is 1. The number of fused-ring (bicyclic) bond motifs is 1. The van der Waals surface area contributed by atoms with Gasteiger partial charge in [-0.2, -0.15) is 0 Å². The molecule has 0 saturated heterocycles. The Morgan fingerprint density at radius 3 is 2.55 bits per heavy atom. The quantitative estimate of drug-likeness (QED) is 0.842. The van der Waals surface area contributed by atoms with Crippen LogP contribution in [0.15, 0.2) is 47.5 Å². The fraction of sp³-hybridized carbons (Fsp3) is 0.450. The molecule has 2 N–H and O–H groups in total. The Hall–Kier alpha value is -1.67. The number of rotatable bonds is 3. The van der Waals surface area contributed by atoms with Crippen molar-refractivity contribution >= 4 is 17.0 Å². The molecule has 114 valence electrons. The average molecular weight is 292 g/mol. The van der Waals surface area contributed by atoms with Gasteiger partial charge in [-0.3, -0.25) is 4.99 Å². The summed E-state index contributed by atoms with van der Waals surface area (Å²) < 4.78 is 0. The Bertz CT molecular complexity index is 683. The minimum Gasteiger partial charge on any atom is -0.328 e. The molecule has 0 radical (unpaired) electrons. The summed E-state index contributed by atoms with van der Waals surface area (Å²) in [6, 6.07) is 16.4. The van der Waals surface area contributed by atoms with Crippen molar-refractivity contribution in [1.29, 1.82) is 0 Å². The molecule has 0 aromatic heterocycles. The van der Waals surface area contributed by atoms with Gasteiger partial charge in [0.25, 0.3) is 0 Å². The zero-order valence-electron chi connectivity index (χ0n) is 13.0. The summed E-state index contributed by atoms with van der Waals surface area (Å²) in [5.74, 6) is 1.33. The normalized spacial score (nSPS) is 31.7. The predicted octanol–water partition coefficient (Wildman–Crippen LogP) is 4.28. The number of aliphatic imine (C=N–C) groups is 1. The Labute approximate surface area is 132 Å². The van der Waals surface area contributed by atoms with E-state index in [-0.39, 0.29) is 0 Å². The minimum atomic E-state index is 0.415. The summed E-state index contributed by atoms with van der Waals surface area (Å²) >= 11 is 0. The van der Waals surface area contributed by atoms with Crippen molar-refractivity contribution in [1.82, 2.24) is 0 Å². The maximum absolute atomic E-state index is 5.96. The molecule has 0 aliphatic heterocycles. The molecule has 2 atom stereocenters. The second-order valence-corrected chi connectivity index (χ2v) is 6.98. The van der Waals surface area contributed by atoms with Gasteiger partial charge in [-0.05, 0) is 54.4 Å². The fourth-order valence-corrected chi connectivity index (χ4v) is 3.68. The van der Waals surface area contributed by atoms with Gasteiger partial charge in [-0.15, -0.1) is 0 Å². The van der Waals surface area contributed by atoms with E-state index in [1.54, 1.807) is 0 Å². The van der Waals surface area contributed by atoms with E-state index in [4.69, 9.17) is 10.7 Å². The molecule has 2 aliphatic rings. The summed E-state index contributed by atoms with van der Waals surface area (Å²) in [6.45, 7) is 0. The molecule has 0 amide bonds. The SMILES string of the molecule is NC1CCC(N=CC2C[C@@H]2c2ccc3ccccc3c2)CC1. The van der Waals surface area contributed by atoms with Gasteiger partial charge in [0, 0.05) is 24.2 Å². The first-order valence-electron chi connectivity index (χ1n) is 8.57. The maximum atomic E-state index is 5.96.